The molecule has 0 amide bonds. The van der Waals surface area contributed by atoms with E-state index in [1.807, 2.05) is 25.2 Å². The molecule has 4 unspecified atom stereocenters. The molecule has 0 aromatic carbocycles. The Labute approximate surface area is 78.0 Å². The van der Waals surface area contributed by atoms with Crippen LogP contribution in [-0.4, -0.2) is 17.0 Å². The van der Waals surface area contributed by atoms with Crippen LogP contribution in [0.15, 0.2) is 24.8 Å². The standard InChI is InChI=1S/C11H14O2/c1-3-7-6-11(2)5-4-8(7)9(12)10(11)13/h3-5,7-8,10,13H,1,6H2,2H3. The molecule has 4 atom stereocenters. The maximum Gasteiger partial charge on any atom is 0.169 e. The summed E-state index contributed by atoms with van der Waals surface area (Å²) in [7, 11) is 0. The van der Waals surface area contributed by atoms with E-state index in [2.05, 4.69) is 6.58 Å². The largest absolute Gasteiger partial charge is 0.384 e. The van der Waals surface area contributed by atoms with Crippen LogP contribution in [0.4, 0.5) is 0 Å². The average Bonchev–Trinajstić information content (AvgIpc) is 2.13. The number of aliphatic hydroxyl groups excluding tert-OH is 1. The fraction of sp³-hybridized carbons (Fsp3) is 0.545. The number of carbonyl (C=O) groups excluding carboxylic acids is 1. The van der Waals surface area contributed by atoms with Gasteiger partial charge in [-0.1, -0.05) is 25.2 Å². The molecule has 0 aromatic heterocycles. The molecule has 0 aliphatic heterocycles. The Morgan fingerprint density at radius 2 is 2.46 bits per heavy atom. The summed E-state index contributed by atoms with van der Waals surface area (Å²) in [6.07, 6.45) is 5.76. The number of hydrogen-bond acceptors (Lipinski definition) is 2. The highest BCUT2D eigenvalue weighted by atomic mass is 16.3. The van der Waals surface area contributed by atoms with E-state index in [0.29, 0.717) is 0 Å². The van der Waals surface area contributed by atoms with Crippen molar-refractivity contribution in [2.24, 2.45) is 17.3 Å². The molecule has 1 saturated carbocycles. The summed E-state index contributed by atoms with van der Waals surface area (Å²) in [6, 6.07) is 0. The number of fused-ring (bicyclic) bond motifs is 2. The lowest BCUT2D eigenvalue weighted by atomic mass is 9.59. The fourth-order valence-corrected chi connectivity index (χ4v) is 2.41. The van der Waals surface area contributed by atoms with E-state index in [0.717, 1.165) is 6.42 Å². The van der Waals surface area contributed by atoms with Crippen LogP contribution in [-0.2, 0) is 4.79 Å². The first-order chi connectivity index (χ1) is 6.08. The molecule has 70 valence electrons. The van der Waals surface area contributed by atoms with Crippen molar-refractivity contribution in [3.8, 4) is 0 Å². The van der Waals surface area contributed by atoms with Crippen LogP contribution < -0.4 is 0 Å². The van der Waals surface area contributed by atoms with Crippen molar-refractivity contribution in [1.29, 1.82) is 0 Å². The van der Waals surface area contributed by atoms with E-state index >= 15 is 0 Å². The first-order valence-electron chi connectivity index (χ1n) is 4.62. The van der Waals surface area contributed by atoms with Crippen molar-refractivity contribution < 1.29 is 9.90 Å². The minimum atomic E-state index is -0.807. The van der Waals surface area contributed by atoms with Gasteiger partial charge in [0.2, 0.25) is 0 Å². The van der Waals surface area contributed by atoms with Crippen molar-refractivity contribution >= 4 is 5.78 Å². The van der Waals surface area contributed by atoms with E-state index in [4.69, 9.17) is 0 Å². The quantitative estimate of drug-likeness (QED) is 0.615. The van der Waals surface area contributed by atoms with Gasteiger partial charge in [-0.25, -0.2) is 0 Å². The van der Waals surface area contributed by atoms with Gasteiger partial charge in [0.25, 0.3) is 0 Å². The van der Waals surface area contributed by atoms with Crippen LogP contribution in [0.5, 0.6) is 0 Å². The Kier molecular flexibility index (Phi) is 1.70. The minimum Gasteiger partial charge on any atom is -0.384 e. The Morgan fingerprint density at radius 1 is 1.77 bits per heavy atom. The lowest BCUT2D eigenvalue weighted by Gasteiger charge is -2.45. The summed E-state index contributed by atoms with van der Waals surface area (Å²) in [5.74, 6) is 0.0429. The van der Waals surface area contributed by atoms with Crippen LogP contribution in [0.3, 0.4) is 0 Å². The van der Waals surface area contributed by atoms with Gasteiger partial charge in [0, 0.05) is 11.3 Å². The van der Waals surface area contributed by atoms with E-state index in [1.165, 1.54) is 0 Å². The Morgan fingerprint density at radius 3 is 3.00 bits per heavy atom. The van der Waals surface area contributed by atoms with E-state index in [9.17, 15) is 9.90 Å². The van der Waals surface area contributed by atoms with Crippen LogP contribution in [0, 0.1) is 17.3 Å². The van der Waals surface area contributed by atoms with Crippen molar-refractivity contribution in [3.05, 3.63) is 24.8 Å². The monoisotopic (exact) mass is 178 g/mol. The van der Waals surface area contributed by atoms with Crippen LogP contribution in [0.25, 0.3) is 0 Å². The summed E-state index contributed by atoms with van der Waals surface area (Å²) in [5.41, 5.74) is -0.356. The molecule has 2 nitrogen and oxygen atoms in total. The summed E-state index contributed by atoms with van der Waals surface area (Å²) < 4.78 is 0. The Balaban J connectivity index is 2.42. The van der Waals surface area contributed by atoms with Gasteiger partial charge in [-0.15, -0.1) is 6.58 Å². The number of aliphatic hydroxyl groups is 1. The minimum absolute atomic E-state index is 0.0406. The number of hydrogen-bond donors (Lipinski definition) is 1. The third-order valence-electron chi connectivity index (χ3n) is 3.35. The normalized spacial score (nSPS) is 48.2. The second-order valence-electron chi connectivity index (χ2n) is 4.30. The number of allylic oxidation sites excluding steroid dienone is 2. The first-order valence-corrected chi connectivity index (χ1v) is 4.62. The molecule has 2 heteroatoms. The molecule has 3 aliphatic carbocycles. The molecule has 0 radical (unpaired) electrons. The number of ketones is 1. The van der Waals surface area contributed by atoms with Gasteiger partial charge in [-0.3, -0.25) is 4.79 Å². The zero-order chi connectivity index (χ0) is 9.64. The summed E-state index contributed by atoms with van der Waals surface area (Å²) in [4.78, 5) is 11.6. The Bertz CT molecular complexity index is 292. The molecule has 0 saturated heterocycles. The molecule has 3 rings (SSSR count). The number of carbonyl (C=O) groups is 1. The molecule has 1 N–H and O–H groups in total. The maximum atomic E-state index is 11.6. The van der Waals surface area contributed by atoms with Gasteiger partial charge in [0.15, 0.2) is 5.78 Å². The van der Waals surface area contributed by atoms with Crippen LogP contribution >= 0.6 is 0 Å². The lowest BCUT2D eigenvalue weighted by molar-refractivity contribution is -0.142. The van der Waals surface area contributed by atoms with E-state index in [1.54, 1.807) is 0 Å². The highest BCUT2D eigenvalue weighted by Gasteiger charge is 2.50. The molecule has 0 heterocycles. The van der Waals surface area contributed by atoms with Gasteiger partial charge in [-0.05, 0) is 12.3 Å². The van der Waals surface area contributed by atoms with E-state index in [-0.39, 0.29) is 23.0 Å². The van der Waals surface area contributed by atoms with Crippen molar-refractivity contribution in [1.82, 2.24) is 0 Å². The predicted molar refractivity (Wildman–Crippen MR) is 50.1 cm³/mol. The average molecular weight is 178 g/mol. The summed E-state index contributed by atoms with van der Waals surface area (Å²) in [5, 5.41) is 9.71. The van der Waals surface area contributed by atoms with Gasteiger partial charge < -0.3 is 5.11 Å². The van der Waals surface area contributed by atoms with Crippen molar-refractivity contribution in [2.45, 2.75) is 19.4 Å². The highest BCUT2D eigenvalue weighted by molar-refractivity contribution is 5.90. The van der Waals surface area contributed by atoms with Crippen LogP contribution in [0.2, 0.25) is 0 Å². The second-order valence-corrected chi connectivity index (χ2v) is 4.30. The summed E-state index contributed by atoms with van der Waals surface area (Å²) in [6.45, 7) is 5.65. The third-order valence-corrected chi connectivity index (χ3v) is 3.35. The summed E-state index contributed by atoms with van der Waals surface area (Å²) >= 11 is 0. The lowest BCUT2D eigenvalue weighted by Crippen LogP contribution is -2.51. The SMILES string of the molecule is C=CC1CC2(C)C=CC1C(=O)C2O. The zero-order valence-electron chi connectivity index (χ0n) is 7.73. The fourth-order valence-electron chi connectivity index (χ4n) is 2.41. The topological polar surface area (TPSA) is 37.3 Å². The van der Waals surface area contributed by atoms with Gasteiger partial charge >= 0.3 is 0 Å². The zero-order valence-corrected chi connectivity index (χ0v) is 7.73. The van der Waals surface area contributed by atoms with Gasteiger partial charge in [0.1, 0.15) is 6.10 Å². The second kappa shape index (κ2) is 2.55. The van der Waals surface area contributed by atoms with Gasteiger partial charge in [-0.2, -0.15) is 0 Å². The molecule has 2 bridgehead atoms. The predicted octanol–water partition coefficient (Wildman–Crippen LogP) is 1.31. The van der Waals surface area contributed by atoms with Crippen molar-refractivity contribution in [3.63, 3.8) is 0 Å². The van der Waals surface area contributed by atoms with Crippen molar-refractivity contribution in [2.75, 3.05) is 0 Å². The molecule has 3 aliphatic rings. The molecular formula is C11H14O2. The van der Waals surface area contributed by atoms with Gasteiger partial charge in [0.05, 0.1) is 0 Å². The number of Topliss-reactive ketones (excluding diaryl/α,β-unsaturated/α-hetero) is 1. The molecule has 1 fully saturated rings. The highest BCUT2D eigenvalue weighted by Crippen LogP contribution is 2.46. The van der Waals surface area contributed by atoms with E-state index < -0.39 is 6.10 Å². The molecule has 0 aromatic rings. The van der Waals surface area contributed by atoms with Crippen LogP contribution in [0.1, 0.15) is 13.3 Å². The maximum absolute atomic E-state index is 11.6. The Hall–Kier alpha value is -0.890. The molecule has 13 heavy (non-hydrogen) atoms. The molecule has 0 spiro atoms. The third kappa shape index (κ3) is 1.02. The first kappa shape index (κ1) is 8.70. The number of rotatable bonds is 1. The smallest absolute Gasteiger partial charge is 0.169 e. The molecular weight excluding hydrogens is 164 g/mol.